The minimum atomic E-state index is -0.0462. The first-order valence-electron chi connectivity index (χ1n) is 10.2. The van der Waals surface area contributed by atoms with Crippen molar-refractivity contribution in [3.05, 3.63) is 0 Å². The molecule has 0 atom stereocenters. The van der Waals surface area contributed by atoms with E-state index >= 15 is 0 Å². The fourth-order valence-electron chi connectivity index (χ4n) is 4.33. The van der Waals surface area contributed by atoms with Gasteiger partial charge in [0.2, 0.25) is 0 Å². The van der Waals surface area contributed by atoms with Crippen LogP contribution in [0.3, 0.4) is 0 Å². The van der Waals surface area contributed by atoms with Crippen LogP contribution in [0.15, 0.2) is 0 Å². The van der Waals surface area contributed by atoms with E-state index in [1.807, 2.05) is 0 Å². The van der Waals surface area contributed by atoms with E-state index in [1.54, 1.807) is 0 Å². The van der Waals surface area contributed by atoms with Crippen LogP contribution in [0.2, 0.25) is 0 Å². The maximum absolute atomic E-state index is 12.1. The molecule has 3 heterocycles. The van der Waals surface area contributed by atoms with E-state index in [0.717, 1.165) is 32.7 Å². The van der Waals surface area contributed by atoms with E-state index in [0.29, 0.717) is 19.2 Å². The molecule has 3 rings (SSSR count). The van der Waals surface area contributed by atoms with Gasteiger partial charge in [0.1, 0.15) is 6.61 Å². The molecule has 3 aliphatic rings. The molecule has 0 N–H and O–H groups in total. The van der Waals surface area contributed by atoms with Crippen molar-refractivity contribution < 1.29 is 9.53 Å². The summed E-state index contributed by atoms with van der Waals surface area (Å²) in [5, 5.41) is 0. The second-order valence-electron chi connectivity index (χ2n) is 7.97. The number of rotatable bonds is 6. The molecule has 0 unspecified atom stereocenters. The van der Waals surface area contributed by atoms with Crippen LogP contribution < -0.4 is 0 Å². The predicted molar refractivity (Wildman–Crippen MR) is 99.8 cm³/mol. The van der Waals surface area contributed by atoms with Gasteiger partial charge in [-0.3, -0.25) is 19.5 Å². The van der Waals surface area contributed by atoms with Gasteiger partial charge in [-0.2, -0.15) is 0 Å². The lowest BCUT2D eigenvalue weighted by molar-refractivity contribution is -0.145. The summed E-state index contributed by atoms with van der Waals surface area (Å²) in [4.78, 5) is 21.8. The Morgan fingerprint density at radius 3 is 2.24 bits per heavy atom. The van der Waals surface area contributed by atoms with Gasteiger partial charge in [0.15, 0.2) is 0 Å². The molecule has 0 aromatic carbocycles. The summed E-state index contributed by atoms with van der Waals surface area (Å²) in [5.74, 6) is -0.0462. The van der Waals surface area contributed by atoms with E-state index in [9.17, 15) is 4.79 Å². The Morgan fingerprint density at radius 2 is 1.56 bits per heavy atom. The molecular weight excluding hydrogens is 316 g/mol. The molecule has 0 aromatic rings. The van der Waals surface area contributed by atoms with Crippen LogP contribution in [0, 0.1) is 0 Å². The number of nitrogens with zero attached hydrogens (tertiary/aromatic N) is 4. The Morgan fingerprint density at radius 1 is 0.880 bits per heavy atom. The molecule has 3 saturated heterocycles. The number of esters is 1. The number of piperazine rings is 1. The summed E-state index contributed by atoms with van der Waals surface area (Å²) in [5.41, 5.74) is 0. The quantitative estimate of drug-likeness (QED) is 0.656. The van der Waals surface area contributed by atoms with Crippen LogP contribution in [0.25, 0.3) is 0 Å². The van der Waals surface area contributed by atoms with Gasteiger partial charge in [-0.15, -0.1) is 0 Å². The molecular formula is C19H36N4O2. The Bertz CT molecular complexity index is 398. The predicted octanol–water partition coefficient (Wildman–Crippen LogP) is 0.727. The lowest BCUT2D eigenvalue weighted by Crippen LogP contribution is -2.52. The summed E-state index contributed by atoms with van der Waals surface area (Å²) >= 11 is 0. The van der Waals surface area contributed by atoms with Crippen molar-refractivity contribution in [3.63, 3.8) is 0 Å². The van der Waals surface area contributed by atoms with Gasteiger partial charge in [0.05, 0.1) is 6.54 Å². The van der Waals surface area contributed by atoms with Crippen molar-refractivity contribution >= 4 is 5.97 Å². The third kappa shape index (κ3) is 6.20. The number of likely N-dealkylation sites (N-methyl/N-ethyl adjacent to an activating group) is 1. The molecule has 0 bridgehead atoms. The van der Waals surface area contributed by atoms with Crippen LogP contribution >= 0.6 is 0 Å². The number of hydrogen-bond donors (Lipinski definition) is 0. The lowest BCUT2D eigenvalue weighted by atomic mass is 10.0. The first kappa shape index (κ1) is 19.1. The van der Waals surface area contributed by atoms with Gasteiger partial charge < -0.3 is 9.64 Å². The van der Waals surface area contributed by atoms with Gasteiger partial charge in [-0.05, 0) is 45.8 Å². The topological polar surface area (TPSA) is 39.3 Å². The Hall–Kier alpha value is -0.690. The number of hydrogen-bond acceptors (Lipinski definition) is 6. The Labute approximate surface area is 153 Å². The van der Waals surface area contributed by atoms with Gasteiger partial charge >= 0.3 is 5.97 Å². The molecule has 144 valence electrons. The minimum absolute atomic E-state index is 0.0462. The van der Waals surface area contributed by atoms with E-state index < -0.39 is 0 Å². The molecule has 25 heavy (non-hydrogen) atoms. The van der Waals surface area contributed by atoms with Crippen LogP contribution in [-0.2, 0) is 9.53 Å². The van der Waals surface area contributed by atoms with Gasteiger partial charge in [0, 0.05) is 51.9 Å². The number of carbonyl (C=O) groups excluding carboxylic acids is 1. The van der Waals surface area contributed by atoms with E-state index in [4.69, 9.17) is 4.74 Å². The molecule has 3 fully saturated rings. The second kappa shape index (κ2) is 9.86. The SMILES string of the molecule is CN1CCN(C2CCN(CC(=O)OCCN3CCCCC3)CC2)CC1. The fourth-order valence-corrected chi connectivity index (χ4v) is 4.33. The molecule has 6 nitrogen and oxygen atoms in total. The normalized spacial score (nSPS) is 26.0. The van der Waals surface area contributed by atoms with Crippen molar-refractivity contribution in [2.75, 3.05) is 79.1 Å². The first-order chi connectivity index (χ1) is 12.2. The van der Waals surface area contributed by atoms with Crippen molar-refractivity contribution in [1.29, 1.82) is 0 Å². The molecule has 0 aromatic heterocycles. The van der Waals surface area contributed by atoms with Crippen LogP contribution in [0.4, 0.5) is 0 Å². The van der Waals surface area contributed by atoms with Crippen molar-refractivity contribution in [1.82, 2.24) is 19.6 Å². The minimum Gasteiger partial charge on any atom is -0.463 e. The summed E-state index contributed by atoms with van der Waals surface area (Å²) in [7, 11) is 2.21. The lowest BCUT2D eigenvalue weighted by Gasteiger charge is -2.41. The number of likely N-dealkylation sites (tertiary alicyclic amines) is 2. The van der Waals surface area contributed by atoms with Gasteiger partial charge in [0.25, 0.3) is 0 Å². The van der Waals surface area contributed by atoms with Crippen molar-refractivity contribution in [2.24, 2.45) is 0 Å². The van der Waals surface area contributed by atoms with Gasteiger partial charge in [-0.1, -0.05) is 6.42 Å². The van der Waals surface area contributed by atoms with E-state index in [-0.39, 0.29) is 5.97 Å². The fraction of sp³-hybridized carbons (Fsp3) is 0.947. The maximum Gasteiger partial charge on any atom is 0.320 e. The number of piperidine rings is 2. The Kier molecular flexibility index (Phi) is 7.52. The highest BCUT2D eigenvalue weighted by atomic mass is 16.5. The largest absolute Gasteiger partial charge is 0.463 e. The molecule has 6 heteroatoms. The van der Waals surface area contributed by atoms with E-state index in [2.05, 4.69) is 26.6 Å². The monoisotopic (exact) mass is 352 g/mol. The zero-order valence-electron chi connectivity index (χ0n) is 16.0. The Balaban J connectivity index is 1.27. The average Bonchev–Trinajstić information content (AvgIpc) is 2.64. The van der Waals surface area contributed by atoms with Crippen molar-refractivity contribution in [2.45, 2.75) is 38.1 Å². The van der Waals surface area contributed by atoms with Crippen LogP contribution in [0.5, 0.6) is 0 Å². The summed E-state index contributed by atoms with van der Waals surface area (Å²) < 4.78 is 5.46. The highest BCUT2D eigenvalue weighted by Crippen LogP contribution is 2.18. The highest BCUT2D eigenvalue weighted by Gasteiger charge is 2.27. The van der Waals surface area contributed by atoms with Crippen molar-refractivity contribution in [3.8, 4) is 0 Å². The third-order valence-electron chi connectivity index (χ3n) is 6.08. The van der Waals surface area contributed by atoms with Crippen LogP contribution in [0.1, 0.15) is 32.1 Å². The highest BCUT2D eigenvalue weighted by molar-refractivity contribution is 5.71. The molecule has 0 aliphatic carbocycles. The second-order valence-corrected chi connectivity index (χ2v) is 7.97. The standard InChI is InChI=1S/C19H36N4O2/c1-20-11-13-23(14-12-20)18-5-9-22(10-6-18)17-19(24)25-16-15-21-7-3-2-4-8-21/h18H,2-17H2,1H3. The number of carbonyl (C=O) groups is 1. The molecule has 0 spiro atoms. The van der Waals surface area contributed by atoms with Gasteiger partial charge in [-0.25, -0.2) is 0 Å². The maximum atomic E-state index is 12.1. The zero-order valence-corrected chi connectivity index (χ0v) is 16.0. The molecule has 0 saturated carbocycles. The third-order valence-corrected chi connectivity index (χ3v) is 6.08. The zero-order chi connectivity index (χ0) is 17.5. The summed E-state index contributed by atoms with van der Waals surface area (Å²) in [6.07, 6.45) is 6.29. The molecule has 0 radical (unpaired) electrons. The first-order valence-corrected chi connectivity index (χ1v) is 10.2. The van der Waals surface area contributed by atoms with E-state index in [1.165, 1.54) is 58.3 Å². The van der Waals surface area contributed by atoms with Crippen LogP contribution in [-0.4, -0.2) is 111 Å². The molecule has 3 aliphatic heterocycles. The summed E-state index contributed by atoms with van der Waals surface area (Å²) in [6.45, 7) is 11.1. The summed E-state index contributed by atoms with van der Waals surface area (Å²) in [6, 6.07) is 0.708. The average molecular weight is 353 g/mol. The number of ether oxygens (including phenoxy) is 1. The smallest absolute Gasteiger partial charge is 0.320 e. The molecule has 0 amide bonds.